The van der Waals surface area contributed by atoms with Gasteiger partial charge in [-0.1, -0.05) is 20.8 Å². The highest BCUT2D eigenvalue weighted by Gasteiger charge is 2.30. The van der Waals surface area contributed by atoms with Crippen molar-refractivity contribution in [3.05, 3.63) is 39.9 Å². The first-order chi connectivity index (χ1) is 12.8. The number of non-ortho nitro benzene ring substituents is 1. The lowest BCUT2D eigenvalue weighted by molar-refractivity contribution is -0.384. The Bertz CT molecular complexity index is 663. The number of ether oxygens (including phenoxy) is 1. The molecule has 1 saturated carbocycles. The summed E-state index contributed by atoms with van der Waals surface area (Å²) in [6, 6.07) is 5.15. The highest BCUT2D eigenvalue weighted by molar-refractivity contribution is 5.86. The SMILES string of the molecule is CC1CCC(C(=O)NC(C(=O)OCc2ccc([N+](=O)[O-])cc2)C(C)C)CC1. The molecule has 2 rings (SSSR count). The van der Waals surface area contributed by atoms with Crippen LogP contribution in [0.2, 0.25) is 0 Å². The van der Waals surface area contributed by atoms with Crippen LogP contribution in [-0.4, -0.2) is 22.8 Å². The lowest BCUT2D eigenvalue weighted by Gasteiger charge is -2.28. The van der Waals surface area contributed by atoms with E-state index in [1.54, 1.807) is 12.1 Å². The van der Waals surface area contributed by atoms with E-state index in [9.17, 15) is 19.7 Å². The minimum atomic E-state index is -0.699. The molecule has 0 saturated heterocycles. The second-order valence-electron chi connectivity index (χ2n) is 7.72. The standard InChI is InChI=1S/C20H28N2O5/c1-13(2)18(21-19(23)16-8-4-14(3)5-9-16)20(24)27-12-15-6-10-17(11-7-15)22(25)26/h6-7,10-11,13-14,16,18H,4-5,8-9,12H2,1-3H3,(H,21,23). The van der Waals surface area contributed by atoms with E-state index in [2.05, 4.69) is 12.2 Å². The number of carbonyl (C=O) groups is 2. The maximum atomic E-state index is 12.5. The monoisotopic (exact) mass is 376 g/mol. The Labute approximate surface area is 159 Å². The van der Waals surface area contributed by atoms with Gasteiger partial charge in [-0.25, -0.2) is 4.79 Å². The first-order valence-corrected chi connectivity index (χ1v) is 9.48. The van der Waals surface area contributed by atoms with Crippen molar-refractivity contribution in [3.63, 3.8) is 0 Å². The smallest absolute Gasteiger partial charge is 0.329 e. The highest BCUT2D eigenvalue weighted by atomic mass is 16.6. The summed E-state index contributed by atoms with van der Waals surface area (Å²) in [5.74, 6) is -0.0406. The van der Waals surface area contributed by atoms with Gasteiger partial charge in [0.15, 0.2) is 0 Å². The van der Waals surface area contributed by atoms with E-state index in [1.165, 1.54) is 12.1 Å². The van der Waals surface area contributed by atoms with Crippen molar-refractivity contribution in [3.8, 4) is 0 Å². The molecule has 0 heterocycles. The lowest BCUT2D eigenvalue weighted by atomic mass is 9.82. The normalized spacial score (nSPS) is 20.7. The molecule has 0 aromatic heterocycles. The third-order valence-electron chi connectivity index (χ3n) is 5.13. The zero-order valence-electron chi connectivity index (χ0n) is 16.1. The van der Waals surface area contributed by atoms with Gasteiger partial charge in [-0.05, 0) is 55.2 Å². The average molecular weight is 376 g/mol. The summed E-state index contributed by atoms with van der Waals surface area (Å²) < 4.78 is 5.33. The Balaban J connectivity index is 1.90. The molecule has 1 aromatic carbocycles. The number of hydrogen-bond donors (Lipinski definition) is 1. The summed E-state index contributed by atoms with van der Waals surface area (Å²) in [7, 11) is 0. The Kier molecular flexibility index (Phi) is 7.33. The fourth-order valence-corrected chi connectivity index (χ4v) is 3.25. The molecule has 1 aliphatic rings. The van der Waals surface area contributed by atoms with E-state index in [0.717, 1.165) is 25.7 Å². The Morgan fingerprint density at radius 2 is 1.78 bits per heavy atom. The number of nitrogens with zero attached hydrogens (tertiary/aromatic N) is 1. The van der Waals surface area contributed by atoms with Crippen LogP contribution in [0, 0.1) is 27.9 Å². The maximum Gasteiger partial charge on any atom is 0.329 e. The molecule has 1 fully saturated rings. The predicted molar refractivity (Wildman–Crippen MR) is 101 cm³/mol. The minimum Gasteiger partial charge on any atom is -0.459 e. The fourth-order valence-electron chi connectivity index (χ4n) is 3.25. The van der Waals surface area contributed by atoms with Crippen LogP contribution in [0.1, 0.15) is 52.0 Å². The second kappa shape index (κ2) is 9.48. The van der Waals surface area contributed by atoms with Gasteiger partial charge in [0.2, 0.25) is 5.91 Å². The molecule has 148 valence electrons. The minimum absolute atomic E-state index is 0.0108. The number of nitro groups is 1. The van der Waals surface area contributed by atoms with Crippen LogP contribution in [0.5, 0.6) is 0 Å². The summed E-state index contributed by atoms with van der Waals surface area (Å²) >= 11 is 0. The number of hydrogen-bond acceptors (Lipinski definition) is 5. The van der Waals surface area contributed by atoms with Crippen molar-refractivity contribution in [1.29, 1.82) is 0 Å². The van der Waals surface area contributed by atoms with E-state index in [4.69, 9.17) is 4.74 Å². The van der Waals surface area contributed by atoms with Crippen molar-refractivity contribution in [2.24, 2.45) is 17.8 Å². The Morgan fingerprint density at radius 1 is 1.19 bits per heavy atom. The number of nitro benzene ring substituents is 1. The fraction of sp³-hybridized carbons (Fsp3) is 0.600. The molecule has 1 aromatic rings. The number of esters is 1. The Hall–Kier alpha value is -2.44. The predicted octanol–water partition coefficient (Wildman–Crippen LogP) is 3.61. The van der Waals surface area contributed by atoms with Crippen molar-refractivity contribution in [2.75, 3.05) is 0 Å². The summed E-state index contributed by atoms with van der Waals surface area (Å²) in [5, 5.41) is 13.5. The van der Waals surface area contributed by atoms with Crippen molar-refractivity contribution < 1.29 is 19.2 Å². The van der Waals surface area contributed by atoms with Gasteiger partial charge in [-0.2, -0.15) is 0 Å². The topological polar surface area (TPSA) is 98.5 Å². The highest BCUT2D eigenvalue weighted by Crippen LogP contribution is 2.28. The van der Waals surface area contributed by atoms with Gasteiger partial charge >= 0.3 is 5.97 Å². The van der Waals surface area contributed by atoms with Gasteiger partial charge in [0.05, 0.1) is 4.92 Å². The molecule has 1 unspecified atom stereocenters. The lowest BCUT2D eigenvalue weighted by Crippen LogP contribution is -2.47. The first-order valence-electron chi connectivity index (χ1n) is 9.48. The molecule has 1 amide bonds. The Morgan fingerprint density at radius 3 is 2.30 bits per heavy atom. The quantitative estimate of drug-likeness (QED) is 0.445. The molecule has 0 radical (unpaired) electrons. The number of amides is 1. The van der Waals surface area contributed by atoms with Crippen molar-refractivity contribution in [2.45, 2.75) is 59.1 Å². The van der Waals surface area contributed by atoms with Crippen LogP contribution >= 0.6 is 0 Å². The largest absolute Gasteiger partial charge is 0.459 e. The number of nitrogens with one attached hydrogen (secondary N) is 1. The summed E-state index contributed by atoms with van der Waals surface area (Å²) in [5.41, 5.74) is 0.642. The van der Waals surface area contributed by atoms with E-state index in [1.807, 2.05) is 13.8 Å². The molecule has 1 atom stereocenters. The van der Waals surface area contributed by atoms with Crippen LogP contribution < -0.4 is 5.32 Å². The molecular weight excluding hydrogens is 348 g/mol. The zero-order chi connectivity index (χ0) is 20.0. The van der Waals surface area contributed by atoms with Gasteiger partial charge < -0.3 is 10.1 Å². The van der Waals surface area contributed by atoms with Crippen LogP contribution in [0.15, 0.2) is 24.3 Å². The van der Waals surface area contributed by atoms with Gasteiger partial charge in [0, 0.05) is 18.1 Å². The third kappa shape index (κ3) is 6.05. The van der Waals surface area contributed by atoms with E-state index >= 15 is 0 Å². The number of benzene rings is 1. The molecule has 7 heteroatoms. The van der Waals surface area contributed by atoms with Crippen LogP contribution in [-0.2, 0) is 20.9 Å². The number of carbonyl (C=O) groups excluding carboxylic acids is 2. The van der Waals surface area contributed by atoms with E-state index < -0.39 is 16.9 Å². The molecule has 1 N–H and O–H groups in total. The van der Waals surface area contributed by atoms with E-state index in [0.29, 0.717) is 11.5 Å². The number of rotatable bonds is 7. The summed E-state index contributed by atoms with van der Waals surface area (Å²) in [4.78, 5) is 35.2. The van der Waals surface area contributed by atoms with Crippen molar-refractivity contribution in [1.82, 2.24) is 5.32 Å². The van der Waals surface area contributed by atoms with Gasteiger partial charge in [0.1, 0.15) is 12.6 Å². The average Bonchev–Trinajstić information content (AvgIpc) is 2.64. The second-order valence-corrected chi connectivity index (χ2v) is 7.72. The molecule has 0 spiro atoms. The molecule has 27 heavy (non-hydrogen) atoms. The summed E-state index contributed by atoms with van der Waals surface area (Å²) in [6.45, 7) is 5.93. The maximum absolute atomic E-state index is 12.5. The van der Waals surface area contributed by atoms with Gasteiger partial charge in [0.25, 0.3) is 5.69 Å². The molecule has 7 nitrogen and oxygen atoms in total. The molecule has 1 aliphatic carbocycles. The first kappa shape index (κ1) is 20.9. The van der Waals surface area contributed by atoms with E-state index in [-0.39, 0.29) is 30.0 Å². The van der Waals surface area contributed by atoms with Gasteiger partial charge in [-0.15, -0.1) is 0 Å². The zero-order valence-corrected chi connectivity index (χ0v) is 16.1. The third-order valence-corrected chi connectivity index (χ3v) is 5.13. The molecular formula is C20H28N2O5. The molecule has 0 aliphatic heterocycles. The van der Waals surface area contributed by atoms with Crippen LogP contribution in [0.4, 0.5) is 5.69 Å². The van der Waals surface area contributed by atoms with Crippen LogP contribution in [0.3, 0.4) is 0 Å². The van der Waals surface area contributed by atoms with Crippen molar-refractivity contribution >= 4 is 17.6 Å². The summed E-state index contributed by atoms with van der Waals surface area (Å²) in [6.07, 6.45) is 3.79. The molecule has 0 bridgehead atoms. The van der Waals surface area contributed by atoms with Crippen LogP contribution in [0.25, 0.3) is 0 Å². The van der Waals surface area contributed by atoms with Gasteiger partial charge in [-0.3, -0.25) is 14.9 Å².